The number of amides is 6. The number of nitrogens with two attached hydrogens (primary N) is 1. The van der Waals surface area contributed by atoms with Gasteiger partial charge in [-0.3, -0.25) is 28.8 Å². The molecule has 5 N–H and O–H groups in total. The van der Waals surface area contributed by atoms with Crippen molar-refractivity contribution in [2.75, 3.05) is 46.7 Å². The van der Waals surface area contributed by atoms with Crippen LogP contribution in [0, 0.1) is 29.6 Å². The van der Waals surface area contributed by atoms with Gasteiger partial charge in [-0.05, 0) is 73.3 Å². The van der Waals surface area contributed by atoms with Gasteiger partial charge in [0.25, 0.3) is 5.91 Å². The Labute approximate surface area is 379 Å². The molecule has 16 heteroatoms. The van der Waals surface area contributed by atoms with Gasteiger partial charge in [0.15, 0.2) is 17.3 Å². The molecule has 0 spiro atoms. The number of methoxy groups -OCH3 is 1. The summed E-state index contributed by atoms with van der Waals surface area (Å²) < 4.78 is 10.6. The number of urea groups is 1. The SMILES string of the molecule is COCCCCCC(=O)c1ccc(C(=O)N[C@H](C(=O)C[C@@H](CCCNC(N)=O)C(=O)Nc2ccc(COC(=O)N(C)[C@H](C(=O)C[C@H](C(=O)N(C)C)C(C)C)C(C)C)cc2)C(C)C)cc1. The van der Waals surface area contributed by atoms with E-state index in [1.165, 1.54) is 16.8 Å². The van der Waals surface area contributed by atoms with Crippen LogP contribution in [0.2, 0.25) is 0 Å². The fourth-order valence-corrected chi connectivity index (χ4v) is 7.36. The predicted octanol–water partition coefficient (Wildman–Crippen LogP) is 6.41. The molecule has 16 nitrogen and oxygen atoms in total. The molecule has 354 valence electrons. The maximum atomic E-state index is 13.8. The summed E-state index contributed by atoms with van der Waals surface area (Å²) >= 11 is 0. The normalized spacial score (nSPS) is 13.1. The van der Waals surface area contributed by atoms with Gasteiger partial charge in [-0.1, -0.05) is 72.2 Å². The molecule has 0 fully saturated rings. The van der Waals surface area contributed by atoms with Gasteiger partial charge in [0.1, 0.15) is 6.61 Å². The number of carbonyl (C=O) groups is 8. The molecule has 0 aliphatic rings. The lowest BCUT2D eigenvalue weighted by Crippen LogP contribution is -2.47. The van der Waals surface area contributed by atoms with Crippen LogP contribution in [0.1, 0.15) is 119 Å². The number of primary amides is 1. The highest BCUT2D eigenvalue weighted by molar-refractivity contribution is 6.01. The molecule has 0 bridgehead atoms. The molecule has 0 saturated carbocycles. The zero-order chi connectivity index (χ0) is 48.1. The number of carbonyl (C=O) groups excluding carboxylic acids is 8. The summed E-state index contributed by atoms with van der Waals surface area (Å²) in [6.07, 6.45) is 2.54. The van der Waals surface area contributed by atoms with E-state index in [4.69, 9.17) is 15.2 Å². The molecule has 0 aliphatic heterocycles. The topological polar surface area (TPSA) is 224 Å². The maximum Gasteiger partial charge on any atom is 0.410 e. The quantitative estimate of drug-likeness (QED) is 0.0543. The highest BCUT2D eigenvalue weighted by Gasteiger charge is 2.35. The first-order valence-electron chi connectivity index (χ1n) is 22.2. The number of Topliss-reactive ketones (excluding diaryl/α,β-unsaturated/α-hetero) is 3. The molecule has 64 heavy (non-hydrogen) atoms. The summed E-state index contributed by atoms with van der Waals surface area (Å²) in [7, 11) is 6.44. The third kappa shape index (κ3) is 18.2. The lowest BCUT2D eigenvalue weighted by atomic mass is 9.85. The van der Waals surface area contributed by atoms with Crippen molar-refractivity contribution in [2.24, 2.45) is 35.3 Å². The second-order valence-electron chi connectivity index (χ2n) is 17.6. The Kier molecular flexibility index (Phi) is 23.4. The first-order chi connectivity index (χ1) is 30.2. The second kappa shape index (κ2) is 27.5. The van der Waals surface area contributed by atoms with Crippen molar-refractivity contribution in [1.82, 2.24) is 20.4 Å². The Hall–Kier alpha value is -5.64. The largest absolute Gasteiger partial charge is 0.445 e. The van der Waals surface area contributed by atoms with E-state index < -0.39 is 47.9 Å². The highest BCUT2D eigenvalue weighted by Crippen LogP contribution is 2.24. The number of unbranched alkanes of at least 4 members (excludes halogenated alkanes) is 2. The van der Waals surface area contributed by atoms with Crippen LogP contribution >= 0.6 is 0 Å². The average molecular weight is 893 g/mol. The number of ether oxygens (including phenoxy) is 2. The lowest BCUT2D eigenvalue weighted by Gasteiger charge is -2.31. The van der Waals surface area contributed by atoms with Gasteiger partial charge in [-0.15, -0.1) is 0 Å². The molecule has 2 rings (SSSR count). The number of likely N-dealkylation sites (N-methyl/N-ethyl adjacent to an activating group) is 1. The van der Waals surface area contributed by atoms with Crippen LogP contribution in [0.5, 0.6) is 0 Å². The number of anilines is 1. The van der Waals surface area contributed by atoms with E-state index in [0.29, 0.717) is 36.3 Å². The fourth-order valence-electron chi connectivity index (χ4n) is 7.36. The first kappa shape index (κ1) is 54.5. The van der Waals surface area contributed by atoms with Crippen LogP contribution < -0.4 is 21.7 Å². The van der Waals surface area contributed by atoms with Crippen LogP contribution in [0.15, 0.2) is 48.5 Å². The minimum absolute atomic E-state index is 0.00650. The minimum atomic E-state index is -0.917. The van der Waals surface area contributed by atoms with E-state index in [9.17, 15) is 38.4 Å². The summed E-state index contributed by atoms with van der Waals surface area (Å²) in [6.45, 7) is 11.7. The molecule has 6 amide bonds. The van der Waals surface area contributed by atoms with Crippen molar-refractivity contribution in [3.8, 4) is 0 Å². The summed E-state index contributed by atoms with van der Waals surface area (Å²) in [4.78, 5) is 107. The molecule has 4 atom stereocenters. The molecule has 2 aromatic carbocycles. The van der Waals surface area contributed by atoms with E-state index in [1.54, 1.807) is 83.6 Å². The number of rotatable bonds is 28. The van der Waals surface area contributed by atoms with Crippen molar-refractivity contribution in [2.45, 2.75) is 112 Å². The van der Waals surface area contributed by atoms with E-state index in [0.717, 1.165) is 19.3 Å². The van der Waals surface area contributed by atoms with Gasteiger partial charge in [-0.2, -0.15) is 0 Å². The summed E-state index contributed by atoms with van der Waals surface area (Å²) in [6, 6.07) is 10.5. The molecule has 0 aromatic heterocycles. The monoisotopic (exact) mass is 893 g/mol. The van der Waals surface area contributed by atoms with Gasteiger partial charge in [0, 0.05) is 89.3 Å². The molecule has 0 aliphatic carbocycles. The van der Waals surface area contributed by atoms with Crippen LogP contribution in [-0.2, 0) is 35.3 Å². The van der Waals surface area contributed by atoms with Crippen LogP contribution in [0.25, 0.3) is 0 Å². The maximum absolute atomic E-state index is 13.8. The molecular weight excluding hydrogens is 821 g/mol. The van der Waals surface area contributed by atoms with Crippen LogP contribution in [-0.4, -0.2) is 110 Å². The molecule has 0 heterocycles. The number of hydrogen-bond donors (Lipinski definition) is 4. The van der Waals surface area contributed by atoms with Gasteiger partial charge < -0.3 is 41.0 Å². The molecular formula is C48H72N6O10. The number of nitrogens with zero attached hydrogens (tertiary/aromatic N) is 2. The van der Waals surface area contributed by atoms with E-state index in [2.05, 4.69) is 16.0 Å². The zero-order valence-corrected chi connectivity index (χ0v) is 39.5. The van der Waals surface area contributed by atoms with Crippen molar-refractivity contribution in [3.05, 3.63) is 65.2 Å². The standard InChI is InChI=1S/C48H72N6O10/c1-30(2)38(46(60)53(7)8)28-41(57)43(32(5)6)54(9)48(62)64-29-33-17-23-37(24-18-33)51-45(59)36(15-14-25-50-47(49)61)27-40(56)42(31(3)4)52-44(58)35-21-19-34(20-22-35)39(55)16-12-11-13-26-63-10/h17-24,30-32,36,38,42-43H,11-16,25-29H2,1-10H3,(H,51,59)(H,52,58)(H3,49,50,61)/t36-,38+,42+,43+/m1/s1. The number of benzene rings is 2. The first-order valence-corrected chi connectivity index (χ1v) is 22.2. The van der Waals surface area contributed by atoms with Crippen molar-refractivity contribution in [3.63, 3.8) is 0 Å². The highest BCUT2D eigenvalue weighted by atomic mass is 16.6. The van der Waals surface area contributed by atoms with Crippen LogP contribution in [0.3, 0.4) is 0 Å². The van der Waals surface area contributed by atoms with Gasteiger partial charge in [-0.25, -0.2) is 9.59 Å². The van der Waals surface area contributed by atoms with E-state index in [-0.39, 0.29) is 79.0 Å². The second-order valence-corrected chi connectivity index (χ2v) is 17.6. The summed E-state index contributed by atoms with van der Waals surface area (Å²) in [5.74, 6) is -3.66. The molecule has 0 unspecified atom stereocenters. The Bertz CT molecular complexity index is 1860. The molecule has 0 saturated heterocycles. The predicted molar refractivity (Wildman–Crippen MR) is 245 cm³/mol. The Morgan fingerprint density at radius 2 is 1.34 bits per heavy atom. The van der Waals surface area contributed by atoms with E-state index in [1.807, 2.05) is 27.7 Å². The minimum Gasteiger partial charge on any atom is -0.445 e. The summed E-state index contributed by atoms with van der Waals surface area (Å²) in [5, 5.41) is 8.17. The van der Waals surface area contributed by atoms with Gasteiger partial charge in [0.2, 0.25) is 11.8 Å². The van der Waals surface area contributed by atoms with Crippen molar-refractivity contribution < 1.29 is 47.8 Å². The van der Waals surface area contributed by atoms with Gasteiger partial charge >= 0.3 is 12.1 Å². The third-order valence-corrected chi connectivity index (χ3v) is 11.1. The Balaban J connectivity index is 2.11. The Morgan fingerprint density at radius 3 is 1.89 bits per heavy atom. The zero-order valence-electron chi connectivity index (χ0n) is 39.5. The number of nitrogens with one attached hydrogen (secondary N) is 3. The summed E-state index contributed by atoms with van der Waals surface area (Å²) in [5.41, 5.74) is 7.03. The van der Waals surface area contributed by atoms with E-state index >= 15 is 0 Å². The van der Waals surface area contributed by atoms with Crippen LogP contribution in [0.4, 0.5) is 15.3 Å². The smallest absolute Gasteiger partial charge is 0.410 e. The number of hydrogen-bond acceptors (Lipinski definition) is 10. The number of ketones is 3. The van der Waals surface area contributed by atoms with Crippen molar-refractivity contribution >= 4 is 52.9 Å². The average Bonchev–Trinajstić information content (AvgIpc) is 3.24. The van der Waals surface area contributed by atoms with Crippen molar-refractivity contribution in [1.29, 1.82) is 0 Å². The Morgan fingerprint density at radius 1 is 0.719 bits per heavy atom. The molecule has 2 aromatic rings. The fraction of sp³-hybridized carbons (Fsp3) is 0.583. The lowest BCUT2D eigenvalue weighted by molar-refractivity contribution is -0.138. The molecule has 0 radical (unpaired) electrons. The van der Waals surface area contributed by atoms with Gasteiger partial charge in [0.05, 0.1) is 12.1 Å². The third-order valence-electron chi connectivity index (χ3n) is 11.1.